The van der Waals surface area contributed by atoms with Crippen LogP contribution in [0, 0.1) is 11.3 Å². The molecule has 7 heteroatoms. The smallest absolute Gasteiger partial charge is 0.240 e. The van der Waals surface area contributed by atoms with Crippen LogP contribution in [0.5, 0.6) is 0 Å². The van der Waals surface area contributed by atoms with E-state index in [1.165, 1.54) is 0 Å². The summed E-state index contributed by atoms with van der Waals surface area (Å²) in [7, 11) is 0. The lowest BCUT2D eigenvalue weighted by atomic mass is 10.1. The predicted molar refractivity (Wildman–Crippen MR) is 213 cm³/mol. The lowest BCUT2D eigenvalue weighted by Crippen LogP contribution is -2.11. The van der Waals surface area contributed by atoms with Gasteiger partial charge in [-0.3, -0.25) is 9.13 Å². The van der Waals surface area contributed by atoms with Crippen LogP contribution in [0.4, 0.5) is 0 Å². The van der Waals surface area contributed by atoms with Gasteiger partial charge < -0.3 is 4.57 Å². The van der Waals surface area contributed by atoms with Crippen molar-refractivity contribution >= 4 is 65.4 Å². The molecule has 0 unspecified atom stereocenters. The Morgan fingerprint density at radius 2 is 0.717 bits per heavy atom. The first-order valence-corrected chi connectivity index (χ1v) is 17.5. The van der Waals surface area contributed by atoms with E-state index in [2.05, 4.69) is 141 Å². The normalized spacial score (nSPS) is 11.8. The van der Waals surface area contributed by atoms with Gasteiger partial charge in [-0.15, -0.1) is 0 Å². The van der Waals surface area contributed by atoms with Gasteiger partial charge in [0, 0.05) is 37.9 Å². The lowest BCUT2D eigenvalue weighted by molar-refractivity contribution is 0.892. The molecule has 0 bridgehead atoms. The van der Waals surface area contributed by atoms with E-state index in [-0.39, 0.29) is 0 Å². The van der Waals surface area contributed by atoms with Crippen LogP contribution in [0.3, 0.4) is 0 Å². The first-order valence-electron chi connectivity index (χ1n) is 17.5. The number of fused-ring (bicyclic) bond motifs is 9. The second-order valence-electron chi connectivity index (χ2n) is 13.2. The van der Waals surface area contributed by atoms with Crippen molar-refractivity contribution in [2.75, 3.05) is 0 Å². The molecule has 0 aliphatic rings. The highest BCUT2D eigenvalue weighted by Gasteiger charge is 2.23. The van der Waals surface area contributed by atoms with E-state index in [1.54, 1.807) is 0 Å². The Morgan fingerprint density at radius 1 is 0.377 bits per heavy atom. The molecule has 4 heterocycles. The van der Waals surface area contributed by atoms with Gasteiger partial charge in [0.1, 0.15) is 0 Å². The van der Waals surface area contributed by atoms with Crippen molar-refractivity contribution in [1.29, 1.82) is 5.26 Å². The number of rotatable bonds is 4. The van der Waals surface area contributed by atoms with E-state index in [1.807, 2.05) is 42.5 Å². The number of aromatic nitrogens is 6. The summed E-state index contributed by atoms with van der Waals surface area (Å²) in [6, 6.07) is 58.4. The van der Waals surface area contributed by atoms with E-state index < -0.39 is 0 Å². The Morgan fingerprint density at radius 3 is 1.08 bits per heavy atom. The second kappa shape index (κ2) is 11.2. The van der Waals surface area contributed by atoms with E-state index in [9.17, 15) is 5.26 Å². The SMILES string of the molecule is N#Cc1ccc(-n2c3ccccc3c3ccccc32)c(-c2nc(-n3c4ccccc4c4ccccc43)nc(-n3c4ccccc4c4ccccc43)n2)c1. The van der Waals surface area contributed by atoms with E-state index >= 15 is 0 Å². The third-order valence-electron chi connectivity index (χ3n) is 10.4. The zero-order chi connectivity index (χ0) is 35.0. The molecule has 0 radical (unpaired) electrons. The Labute approximate surface area is 302 Å². The number of hydrogen-bond acceptors (Lipinski definition) is 4. The average Bonchev–Trinajstić information content (AvgIpc) is 3.86. The van der Waals surface area contributed by atoms with Crippen LogP contribution >= 0.6 is 0 Å². The highest BCUT2D eigenvalue weighted by atomic mass is 15.3. The fourth-order valence-electron chi connectivity index (χ4n) is 8.11. The van der Waals surface area contributed by atoms with Gasteiger partial charge in [0.05, 0.1) is 50.4 Å². The van der Waals surface area contributed by atoms with Crippen LogP contribution < -0.4 is 0 Å². The van der Waals surface area contributed by atoms with Gasteiger partial charge in [-0.05, 0) is 54.6 Å². The fourth-order valence-corrected chi connectivity index (χ4v) is 8.11. The van der Waals surface area contributed by atoms with Crippen molar-refractivity contribution < 1.29 is 0 Å². The summed E-state index contributed by atoms with van der Waals surface area (Å²) in [6.07, 6.45) is 0. The Bertz CT molecular complexity index is 3030. The summed E-state index contributed by atoms with van der Waals surface area (Å²) in [5.74, 6) is 1.43. The highest BCUT2D eigenvalue weighted by molar-refractivity contribution is 6.11. The zero-order valence-electron chi connectivity index (χ0n) is 28.2. The molecule has 11 aromatic rings. The molecular formula is C46H27N7. The molecule has 0 atom stereocenters. The van der Waals surface area contributed by atoms with E-state index in [0.717, 1.165) is 76.7 Å². The summed E-state index contributed by atoms with van der Waals surface area (Å²) >= 11 is 0. The molecule has 0 aliphatic carbocycles. The summed E-state index contributed by atoms with van der Waals surface area (Å²) in [5.41, 5.74) is 8.19. The highest BCUT2D eigenvalue weighted by Crippen LogP contribution is 2.38. The molecule has 0 saturated carbocycles. The molecule has 53 heavy (non-hydrogen) atoms. The Kier molecular flexibility index (Phi) is 6.18. The summed E-state index contributed by atoms with van der Waals surface area (Å²) < 4.78 is 6.51. The van der Waals surface area contributed by atoms with Crippen molar-refractivity contribution in [1.82, 2.24) is 28.7 Å². The number of benzene rings is 7. The van der Waals surface area contributed by atoms with Crippen molar-refractivity contribution in [3.8, 4) is 35.0 Å². The monoisotopic (exact) mass is 677 g/mol. The van der Waals surface area contributed by atoms with E-state index in [0.29, 0.717) is 23.3 Å². The van der Waals surface area contributed by atoms with Gasteiger partial charge >= 0.3 is 0 Å². The molecule has 7 nitrogen and oxygen atoms in total. The minimum Gasteiger partial charge on any atom is -0.309 e. The second-order valence-corrected chi connectivity index (χ2v) is 13.2. The van der Waals surface area contributed by atoms with Gasteiger partial charge in [-0.25, -0.2) is 0 Å². The molecule has 0 N–H and O–H groups in total. The summed E-state index contributed by atoms with van der Waals surface area (Å²) in [5, 5.41) is 17.0. The molecule has 0 spiro atoms. The van der Waals surface area contributed by atoms with Gasteiger partial charge in [0.25, 0.3) is 0 Å². The third kappa shape index (κ3) is 4.24. The minimum absolute atomic E-state index is 0.461. The number of hydrogen-bond donors (Lipinski definition) is 0. The van der Waals surface area contributed by atoms with Gasteiger partial charge in [0.15, 0.2) is 5.82 Å². The molecule has 0 saturated heterocycles. The van der Waals surface area contributed by atoms with E-state index in [4.69, 9.17) is 15.0 Å². The van der Waals surface area contributed by atoms with Crippen molar-refractivity contribution in [2.24, 2.45) is 0 Å². The Balaban J connectivity index is 1.29. The Hall–Kier alpha value is -7.56. The molecular weight excluding hydrogens is 651 g/mol. The van der Waals surface area contributed by atoms with Crippen LogP contribution in [0.2, 0.25) is 0 Å². The predicted octanol–water partition coefficient (Wildman–Crippen LogP) is 10.7. The zero-order valence-corrected chi connectivity index (χ0v) is 28.2. The molecule has 0 amide bonds. The number of nitriles is 1. The minimum atomic E-state index is 0.461. The number of nitrogens with zero attached hydrogens (tertiary/aromatic N) is 7. The summed E-state index contributed by atoms with van der Waals surface area (Å²) in [6.45, 7) is 0. The standard InChI is InChI=1S/C46H27N7/c47-28-29-25-26-43(51-37-19-7-1-13-30(37)31-14-2-8-20-38(31)51)36(27-29)44-48-45(52-39-21-9-3-15-32(39)33-16-4-10-22-40(33)52)50-46(49-44)53-41-23-11-5-17-34(41)35-18-6-12-24-42(35)53/h1-27H. The first-order chi connectivity index (χ1) is 26.3. The maximum absolute atomic E-state index is 10.2. The topological polar surface area (TPSA) is 77.2 Å². The average molecular weight is 678 g/mol. The van der Waals surface area contributed by atoms with Crippen molar-refractivity contribution in [2.45, 2.75) is 0 Å². The quantitative estimate of drug-likeness (QED) is 0.186. The van der Waals surface area contributed by atoms with Crippen LogP contribution in [0.1, 0.15) is 5.56 Å². The van der Waals surface area contributed by atoms with Crippen molar-refractivity contribution in [3.05, 3.63) is 169 Å². The maximum atomic E-state index is 10.2. The molecule has 7 aromatic carbocycles. The summed E-state index contributed by atoms with van der Waals surface area (Å²) in [4.78, 5) is 16.0. The number of para-hydroxylation sites is 6. The molecule has 4 aromatic heterocycles. The van der Waals surface area contributed by atoms with Crippen LogP contribution in [-0.2, 0) is 0 Å². The fraction of sp³-hybridized carbons (Fsp3) is 0. The lowest BCUT2D eigenvalue weighted by Gasteiger charge is -2.16. The van der Waals surface area contributed by atoms with Crippen LogP contribution in [0.15, 0.2) is 164 Å². The van der Waals surface area contributed by atoms with Gasteiger partial charge in [-0.2, -0.15) is 20.2 Å². The van der Waals surface area contributed by atoms with Crippen LogP contribution in [-0.4, -0.2) is 28.7 Å². The molecule has 246 valence electrons. The van der Waals surface area contributed by atoms with Gasteiger partial charge in [-0.1, -0.05) is 109 Å². The van der Waals surface area contributed by atoms with Gasteiger partial charge in [0.2, 0.25) is 11.9 Å². The first kappa shape index (κ1) is 29.2. The third-order valence-corrected chi connectivity index (χ3v) is 10.4. The largest absolute Gasteiger partial charge is 0.309 e. The molecule has 0 fully saturated rings. The molecule has 11 rings (SSSR count). The van der Waals surface area contributed by atoms with Crippen molar-refractivity contribution in [3.63, 3.8) is 0 Å². The van der Waals surface area contributed by atoms with Crippen LogP contribution in [0.25, 0.3) is 94.4 Å². The maximum Gasteiger partial charge on any atom is 0.240 e. The molecule has 0 aliphatic heterocycles.